The summed E-state index contributed by atoms with van der Waals surface area (Å²) in [7, 11) is -2.33. The van der Waals surface area contributed by atoms with Gasteiger partial charge in [-0.2, -0.15) is 4.31 Å². The zero-order valence-electron chi connectivity index (χ0n) is 16.9. The van der Waals surface area contributed by atoms with Gasteiger partial charge in [0, 0.05) is 51.0 Å². The second-order valence-corrected chi connectivity index (χ2v) is 9.26. The maximum atomic E-state index is 12.7. The third-order valence-electron chi connectivity index (χ3n) is 5.15. The van der Waals surface area contributed by atoms with Crippen LogP contribution in [0, 0.1) is 17.0 Å². The van der Waals surface area contributed by atoms with Crippen molar-refractivity contribution >= 4 is 27.3 Å². The molecule has 2 aromatic carbocycles. The Morgan fingerprint density at radius 1 is 1.03 bits per heavy atom. The standard InChI is InChI=1S/C20H24N4O5S/c1-16-3-9-19(10-4-16)30(28,29)21(2)15-20(25)23-13-11-22(12-14-23)17-5-7-18(8-6-17)24(26)27/h3-10H,11-15H2,1-2H3. The number of nitrogens with zero attached hydrogens (tertiary/aromatic N) is 4. The molecule has 1 amide bonds. The van der Waals surface area contributed by atoms with Crippen molar-refractivity contribution in [3.8, 4) is 0 Å². The van der Waals surface area contributed by atoms with E-state index in [0.717, 1.165) is 15.6 Å². The maximum absolute atomic E-state index is 12.7. The maximum Gasteiger partial charge on any atom is 0.269 e. The Morgan fingerprint density at radius 2 is 1.60 bits per heavy atom. The summed E-state index contributed by atoms with van der Waals surface area (Å²) in [6.07, 6.45) is 0. The van der Waals surface area contributed by atoms with Gasteiger partial charge in [-0.1, -0.05) is 17.7 Å². The average molecular weight is 433 g/mol. The van der Waals surface area contributed by atoms with Crippen LogP contribution in [0.3, 0.4) is 0 Å². The Labute approximate surface area is 175 Å². The minimum atomic E-state index is -3.73. The van der Waals surface area contributed by atoms with Crippen molar-refractivity contribution in [1.82, 2.24) is 9.21 Å². The lowest BCUT2D eigenvalue weighted by molar-refractivity contribution is -0.384. The molecule has 10 heteroatoms. The molecule has 0 radical (unpaired) electrons. The van der Waals surface area contributed by atoms with Crippen molar-refractivity contribution < 1.29 is 18.1 Å². The van der Waals surface area contributed by atoms with Crippen LogP contribution in [-0.4, -0.2) is 68.2 Å². The number of sulfonamides is 1. The fourth-order valence-electron chi connectivity index (χ4n) is 3.26. The van der Waals surface area contributed by atoms with Gasteiger partial charge in [-0.15, -0.1) is 0 Å². The lowest BCUT2D eigenvalue weighted by Crippen LogP contribution is -2.51. The van der Waals surface area contributed by atoms with Crippen LogP contribution in [0.2, 0.25) is 0 Å². The van der Waals surface area contributed by atoms with E-state index in [1.165, 1.54) is 31.3 Å². The molecule has 2 aromatic rings. The fraction of sp³-hybridized carbons (Fsp3) is 0.350. The number of nitro benzene ring substituents is 1. The molecule has 0 spiro atoms. The molecule has 0 unspecified atom stereocenters. The first-order chi connectivity index (χ1) is 14.2. The van der Waals surface area contributed by atoms with Crippen molar-refractivity contribution in [1.29, 1.82) is 0 Å². The first kappa shape index (κ1) is 21.7. The molecule has 0 N–H and O–H groups in total. The molecule has 0 aliphatic carbocycles. The molecule has 0 bridgehead atoms. The number of anilines is 1. The minimum Gasteiger partial charge on any atom is -0.368 e. The second kappa shape index (κ2) is 8.80. The number of likely N-dealkylation sites (N-methyl/N-ethyl adjacent to an activating group) is 1. The Kier molecular flexibility index (Phi) is 6.37. The molecule has 1 fully saturated rings. The quantitative estimate of drug-likeness (QED) is 0.510. The molecule has 0 aromatic heterocycles. The third kappa shape index (κ3) is 4.77. The summed E-state index contributed by atoms with van der Waals surface area (Å²) in [6, 6.07) is 12.8. The smallest absolute Gasteiger partial charge is 0.269 e. The topological polar surface area (TPSA) is 104 Å². The van der Waals surface area contributed by atoms with Crippen molar-refractivity contribution in [3.63, 3.8) is 0 Å². The summed E-state index contributed by atoms with van der Waals surface area (Å²) in [5.41, 5.74) is 1.84. The molecular weight excluding hydrogens is 408 g/mol. The molecule has 30 heavy (non-hydrogen) atoms. The van der Waals surface area contributed by atoms with Crippen LogP contribution in [0.4, 0.5) is 11.4 Å². The van der Waals surface area contributed by atoms with Crippen molar-refractivity contribution in [2.24, 2.45) is 0 Å². The van der Waals surface area contributed by atoms with Crippen molar-refractivity contribution in [2.75, 3.05) is 44.7 Å². The van der Waals surface area contributed by atoms with E-state index in [1.807, 2.05) is 11.8 Å². The molecular formula is C20H24N4O5S. The molecule has 0 saturated carbocycles. The van der Waals surface area contributed by atoms with Gasteiger partial charge < -0.3 is 9.80 Å². The lowest BCUT2D eigenvalue weighted by Gasteiger charge is -2.36. The number of benzene rings is 2. The molecule has 1 heterocycles. The van der Waals surface area contributed by atoms with E-state index in [9.17, 15) is 23.3 Å². The van der Waals surface area contributed by atoms with Gasteiger partial charge in [0.1, 0.15) is 0 Å². The fourth-order valence-corrected chi connectivity index (χ4v) is 4.39. The zero-order valence-corrected chi connectivity index (χ0v) is 17.7. The molecule has 1 saturated heterocycles. The van der Waals surface area contributed by atoms with Crippen LogP contribution in [0.15, 0.2) is 53.4 Å². The predicted molar refractivity (Wildman–Crippen MR) is 113 cm³/mol. The van der Waals surface area contributed by atoms with Crippen LogP contribution in [-0.2, 0) is 14.8 Å². The first-order valence-corrected chi connectivity index (χ1v) is 10.9. The van der Waals surface area contributed by atoms with E-state index in [1.54, 1.807) is 29.2 Å². The number of nitro groups is 1. The molecule has 1 aliphatic heterocycles. The monoisotopic (exact) mass is 432 g/mol. The number of carbonyl (C=O) groups excluding carboxylic acids is 1. The molecule has 0 atom stereocenters. The Balaban J connectivity index is 1.57. The summed E-state index contributed by atoms with van der Waals surface area (Å²) in [5, 5.41) is 10.8. The van der Waals surface area contributed by atoms with Crippen LogP contribution in [0.5, 0.6) is 0 Å². The van der Waals surface area contributed by atoms with Crippen LogP contribution in [0.25, 0.3) is 0 Å². The highest BCUT2D eigenvalue weighted by molar-refractivity contribution is 7.89. The first-order valence-electron chi connectivity index (χ1n) is 9.48. The summed E-state index contributed by atoms with van der Waals surface area (Å²) >= 11 is 0. The predicted octanol–water partition coefficient (Wildman–Crippen LogP) is 1.87. The number of aryl methyl sites for hydroxylation is 1. The van der Waals surface area contributed by atoms with E-state index in [4.69, 9.17) is 0 Å². The van der Waals surface area contributed by atoms with E-state index >= 15 is 0 Å². The Hall–Kier alpha value is -2.98. The number of piperazine rings is 1. The Bertz CT molecular complexity index is 1010. The molecule has 3 rings (SSSR count). The van der Waals surface area contributed by atoms with Crippen LogP contribution >= 0.6 is 0 Å². The van der Waals surface area contributed by atoms with Crippen molar-refractivity contribution in [3.05, 3.63) is 64.2 Å². The highest BCUT2D eigenvalue weighted by Gasteiger charge is 2.27. The number of non-ortho nitro benzene ring substituents is 1. The van der Waals surface area contributed by atoms with Crippen LogP contribution in [0.1, 0.15) is 5.56 Å². The van der Waals surface area contributed by atoms with E-state index in [-0.39, 0.29) is 23.0 Å². The number of rotatable bonds is 6. The van der Waals surface area contributed by atoms with Crippen LogP contribution < -0.4 is 4.90 Å². The summed E-state index contributed by atoms with van der Waals surface area (Å²) in [5.74, 6) is -0.253. The SMILES string of the molecule is Cc1ccc(S(=O)(=O)N(C)CC(=O)N2CCN(c3ccc([N+](=O)[O-])cc3)CC2)cc1. The number of carbonyl (C=O) groups is 1. The van der Waals surface area contributed by atoms with Gasteiger partial charge in [-0.3, -0.25) is 14.9 Å². The van der Waals surface area contributed by atoms with E-state index in [2.05, 4.69) is 0 Å². The van der Waals surface area contributed by atoms with E-state index < -0.39 is 14.9 Å². The molecule has 1 aliphatic rings. The number of hydrogen-bond donors (Lipinski definition) is 0. The Morgan fingerprint density at radius 3 is 2.13 bits per heavy atom. The third-order valence-corrected chi connectivity index (χ3v) is 6.96. The summed E-state index contributed by atoms with van der Waals surface area (Å²) in [6.45, 7) is 3.69. The van der Waals surface area contributed by atoms with Gasteiger partial charge in [0.15, 0.2) is 0 Å². The highest BCUT2D eigenvalue weighted by Crippen LogP contribution is 2.21. The van der Waals surface area contributed by atoms with E-state index in [0.29, 0.717) is 26.2 Å². The van der Waals surface area contributed by atoms with Gasteiger partial charge in [0.25, 0.3) is 5.69 Å². The molecule has 160 valence electrons. The normalized spacial score (nSPS) is 14.8. The van der Waals surface area contributed by atoms with Gasteiger partial charge >= 0.3 is 0 Å². The number of amides is 1. The zero-order chi connectivity index (χ0) is 21.9. The summed E-state index contributed by atoms with van der Waals surface area (Å²) in [4.78, 5) is 26.8. The van der Waals surface area contributed by atoms with Gasteiger partial charge in [0.05, 0.1) is 16.4 Å². The van der Waals surface area contributed by atoms with Gasteiger partial charge in [-0.05, 0) is 31.2 Å². The minimum absolute atomic E-state index is 0.0328. The second-order valence-electron chi connectivity index (χ2n) is 7.22. The van der Waals surface area contributed by atoms with Crippen molar-refractivity contribution in [2.45, 2.75) is 11.8 Å². The van der Waals surface area contributed by atoms with Gasteiger partial charge in [-0.25, -0.2) is 8.42 Å². The lowest BCUT2D eigenvalue weighted by atomic mass is 10.2. The highest BCUT2D eigenvalue weighted by atomic mass is 32.2. The number of hydrogen-bond acceptors (Lipinski definition) is 6. The molecule has 9 nitrogen and oxygen atoms in total. The average Bonchev–Trinajstić information content (AvgIpc) is 2.74. The largest absolute Gasteiger partial charge is 0.368 e. The van der Waals surface area contributed by atoms with Gasteiger partial charge in [0.2, 0.25) is 15.9 Å². The summed E-state index contributed by atoms with van der Waals surface area (Å²) < 4.78 is 26.4.